The minimum atomic E-state index is 0.685. The Morgan fingerprint density at radius 2 is 1.85 bits per heavy atom. The summed E-state index contributed by atoms with van der Waals surface area (Å²) >= 11 is 5.49. The predicted molar refractivity (Wildman–Crippen MR) is 141 cm³/mol. The SMILES string of the molecule is CCn1c(=S)[nH]c2cc3c(NCc4ccccc4N4CCc5ccccc5C4)ncnc3cc21. The van der Waals surface area contributed by atoms with Crippen molar-refractivity contribution < 1.29 is 0 Å². The molecular weight excluding hydrogens is 440 g/mol. The van der Waals surface area contributed by atoms with E-state index >= 15 is 0 Å². The van der Waals surface area contributed by atoms with Gasteiger partial charge in [0.2, 0.25) is 0 Å². The zero-order chi connectivity index (χ0) is 23.1. The van der Waals surface area contributed by atoms with E-state index in [9.17, 15) is 0 Å². The summed E-state index contributed by atoms with van der Waals surface area (Å²) in [6.45, 7) is 5.56. The van der Waals surface area contributed by atoms with E-state index in [1.807, 2.05) is 0 Å². The van der Waals surface area contributed by atoms with Crippen LogP contribution in [-0.2, 0) is 26.1 Å². The minimum absolute atomic E-state index is 0.685. The first-order chi connectivity index (χ1) is 16.7. The first-order valence-electron chi connectivity index (χ1n) is 11.7. The number of nitrogens with one attached hydrogen (secondary N) is 2. The van der Waals surface area contributed by atoms with Gasteiger partial charge in [-0.1, -0.05) is 42.5 Å². The molecule has 0 spiro atoms. The third-order valence-corrected chi connectivity index (χ3v) is 7.08. The maximum absolute atomic E-state index is 5.49. The fourth-order valence-electron chi connectivity index (χ4n) is 5.01. The van der Waals surface area contributed by atoms with Crippen LogP contribution in [0.2, 0.25) is 0 Å². The van der Waals surface area contributed by atoms with Gasteiger partial charge >= 0.3 is 0 Å². The molecule has 0 radical (unpaired) electrons. The second-order valence-electron chi connectivity index (χ2n) is 8.71. The Balaban J connectivity index is 1.31. The zero-order valence-electron chi connectivity index (χ0n) is 19.1. The van der Waals surface area contributed by atoms with E-state index in [1.54, 1.807) is 6.33 Å². The third-order valence-electron chi connectivity index (χ3n) is 6.76. The molecule has 0 atom stereocenters. The van der Waals surface area contributed by atoms with Gasteiger partial charge in [0.05, 0.1) is 16.6 Å². The van der Waals surface area contributed by atoms with Crippen molar-refractivity contribution in [1.82, 2.24) is 19.5 Å². The molecule has 0 fully saturated rings. The van der Waals surface area contributed by atoms with Crippen molar-refractivity contribution in [2.75, 3.05) is 16.8 Å². The molecule has 7 heteroatoms. The maximum Gasteiger partial charge on any atom is 0.178 e. The Bertz CT molecular complexity index is 1570. The van der Waals surface area contributed by atoms with Crippen LogP contribution in [0, 0.1) is 4.77 Å². The van der Waals surface area contributed by atoms with E-state index in [4.69, 9.17) is 12.2 Å². The van der Waals surface area contributed by atoms with Crippen LogP contribution < -0.4 is 10.2 Å². The van der Waals surface area contributed by atoms with Crippen LogP contribution in [0.4, 0.5) is 11.5 Å². The molecule has 5 aromatic rings. The van der Waals surface area contributed by atoms with E-state index in [1.165, 1.54) is 22.4 Å². The average molecular weight is 467 g/mol. The number of hydrogen-bond donors (Lipinski definition) is 2. The van der Waals surface area contributed by atoms with Crippen molar-refractivity contribution in [2.45, 2.75) is 33.0 Å². The topological polar surface area (TPSA) is 61.8 Å². The number of aromatic nitrogens is 4. The van der Waals surface area contributed by atoms with Crippen molar-refractivity contribution in [1.29, 1.82) is 0 Å². The molecule has 34 heavy (non-hydrogen) atoms. The lowest BCUT2D eigenvalue weighted by Gasteiger charge is -2.32. The summed E-state index contributed by atoms with van der Waals surface area (Å²) in [5.41, 5.74) is 8.38. The summed E-state index contributed by atoms with van der Waals surface area (Å²) in [7, 11) is 0. The van der Waals surface area contributed by atoms with E-state index in [-0.39, 0.29) is 0 Å². The second-order valence-corrected chi connectivity index (χ2v) is 9.09. The summed E-state index contributed by atoms with van der Waals surface area (Å²) in [5, 5.41) is 4.56. The Morgan fingerprint density at radius 1 is 1.03 bits per heavy atom. The minimum Gasteiger partial charge on any atom is -0.367 e. The van der Waals surface area contributed by atoms with Crippen LogP contribution in [0.25, 0.3) is 21.9 Å². The van der Waals surface area contributed by atoms with E-state index in [2.05, 4.69) is 97.3 Å². The normalized spacial score (nSPS) is 13.4. The second kappa shape index (κ2) is 8.57. The maximum atomic E-state index is 5.49. The zero-order valence-corrected chi connectivity index (χ0v) is 19.9. The van der Waals surface area contributed by atoms with Gasteiger partial charge < -0.3 is 19.8 Å². The quantitative estimate of drug-likeness (QED) is 0.319. The smallest absolute Gasteiger partial charge is 0.178 e. The van der Waals surface area contributed by atoms with Gasteiger partial charge in [-0.05, 0) is 60.5 Å². The van der Waals surface area contributed by atoms with E-state index in [0.717, 1.165) is 58.6 Å². The molecule has 1 aliphatic heterocycles. The number of rotatable bonds is 5. The first kappa shape index (κ1) is 20.9. The molecule has 0 bridgehead atoms. The van der Waals surface area contributed by atoms with Gasteiger partial charge in [-0.25, -0.2) is 9.97 Å². The van der Waals surface area contributed by atoms with E-state index in [0.29, 0.717) is 6.54 Å². The highest BCUT2D eigenvalue weighted by atomic mass is 32.1. The highest BCUT2D eigenvalue weighted by molar-refractivity contribution is 7.71. The Morgan fingerprint density at radius 3 is 2.74 bits per heavy atom. The number of benzene rings is 3. The van der Waals surface area contributed by atoms with Gasteiger partial charge in [0.15, 0.2) is 4.77 Å². The summed E-state index contributed by atoms with van der Waals surface area (Å²) in [6.07, 6.45) is 2.70. The molecule has 6 rings (SSSR count). The van der Waals surface area contributed by atoms with Crippen LogP contribution in [0.5, 0.6) is 0 Å². The van der Waals surface area contributed by atoms with Crippen LogP contribution >= 0.6 is 12.2 Å². The number of anilines is 2. The molecule has 170 valence electrons. The first-order valence-corrected chi connectivity index (χ1v) is 12.1. The number of imidazole rings is 1. The summed E-state index contributed by atoms with van der Waals surface area (Å²) < 4.78 is 2.82. The molecule has 2 aromatic heterocycles. The largest absolute Gasteiger partial charge is 0.367 e. The van der Waals surface area contributed by atoms with Gasteiger partial charge in [0.25, 0.3) is 0 Å². The molecular formula is C27H26N6S. The average Bonchev–Trinajstić information content (AvgIpc) is 3.19. The summed E-state index contributed by atoms with van der Waals surface area (Å²) in [5.74, 6) is 0.828. The monoisotopic (exact) mass is 466 g/mol. The molecule has 3 heterocycles. The highest BCUT2D eigenvalue weighted by Crippen LogP contribution is 2.29. The standard InChI is InChI=1S/C27H26N6S/c1-2-33-25-14-22-21(13-23(25)31-27(33)34)26(30-17-29-22)28-15-19-8-5-6-10-24(19)32-12-11-18-7-3-4-9-20(18)16-32/h3-10,13-14,17H,2,11-12,15-16H2,1H3,(H,31,34)(H,28,29,30). The fourth-order valence-corrected chi connectivity index (χ4v) is 5.35. The lowest BCUT2D eigenvalue weighted by molar-refractivity contribution is 0.728. The number of H-pyrrole nitrogens is 1. The summed E-state index contributed by atoms with van der Waals surface area (Å²) in [4.78, 5) is 14.9. The van der Waals surface area contributed by atoms with E-state index < -0.39 is 0 Å². The molecule has 0 unspecified atom stereocenters. The third kappa shape index (κ3) is 3.62. The number of fused-ring (bicyclic) bond motifs is 3. The van der Waals surface area contributed by atoms with Crippen molar-refractivity contribution in [3.8, 4) is 0 Å². The van der Waals surface area contributed by atoms with Gasteiger partial charge in [0.1, 0.15) is 12.1 Å². The molecule has 0 amide bonds. The van der Waals surface area contributed by atoms with Crippen molar-refractivity contribution in [2.24, 2.45) is 0 Å². The Hall–Kier alpha value is -3.71. The van der Waals surface area contributed by atoms with Crippen molar-refractivity contribution >= 4 is 45.7 Å². The highest BCUT2D eigenvalue weighted by Gasteiger charge is 2.18. The number of nitrogens with zero attached hydrogens (tertiary/aromatic N) is 4. The van der Waals surface area contributed by atoms with Crippen LogP contribution in [0.15, 0.2) is 67.0 Å². The molecule has 0 aliphatic carbocycles. The van der Waals surface area contributed by atoms with Gasteiger partial charge in [-0.3, -0.25) is 0 Å². The number of aryl methyl sites for hydroxylation is 1. The van der Waals surface area contributed by atoms with Crippen molar-refractivity contribution in [3.05, 3.63) is 88.5 Å². The number of hydrogen-bond acceptors (Lipinski definition) is 5. The number of aromatic amines is 1. The van der Waals surface area contributed by atoms with Gasteiger partial charge in [-0.15, -0.1) is 0 Å². The Kier molecular flexibility index (Phi) is 5.26. The molecule has 0 saturated heterocycles. The van der Waals surface area contributed by atoms with Gasteiger partial charge in [0, 0.05) is 37.3 Å². The van der Waals surface area contributed by atoms with Crippen molar-refractivity contribution in [3.63, 3.8) is 0 Å². The van der Waals surface area contributed by atoms with Gasteiger partial charge in [-0.2, -0.15) is 0 Å². The van der Waals surface area contributed by atoms with Crippen LogP contribution in [-0.4, -0.2) is 26.1 Å². The molecule has 0 saturated carbocycles. The lowest BCUT2D eigenvalue weighted by Crippen LogP contribution is -2.31. The molecule has 3 aromatic carbocycles. The predicted octanol–water partition coefficient (Wildman–Crippen LogP) is 5.84. The lowest BCUT2D eigenvalue weighted by atomic mass is 9.98. The molecule has 2 N–H and O–H groups in total. The summed E-state index contributed by atoms with van der Waals surface area (Å²) in [6, 6.07) is 21.6. The number of para-hydroxylation sites is 1. The fraction of sp³-hybridized carbons (Fsp3) is 0.222. The molecule has 6 nitrogen and oxygen atoms in total. The Labute approximate surface area is 203 Å². The molecule has 1 aliphatic rings. The van der Waals surface area contributed by atoms with Crippen LogP contribution in [0.1, 0.15) is 23.6 Å². The van der Waals surface area contributed by atoms with Crippen LogP contribution in [0.3, 0.4) is 0 Å².